The van der Waals surface area contributed by atoms with E-state index in [1.807, 2.05) is 36.1 Å². The van der Waals surface area contributed by atoms with E-state index in [0.29, 0.717) is 25.6 Å². The van der Waals surface area contributed by atoms with Gasteiger partial charge in [0.25, 0.3) is 6.43 Å². The minimum Gasteiger partial charge on any atom is -0.492 e. The van der Waals surface area contributed by atoms with Crippen LogP contribution in [-0.4, -0.2) is 61.3 Å². The Labute approximate surface area is 224 Å². The predicted molar refractivity (Wildman–Crippen MR) is 142 cm³/mol. The number of benzene rings is 1. The van der Waals surface area contributed by atoms with Gasteiger partial charge in [0.1, 0.15) is 12.4 Å². The van der Waals surface area contributed by atoms with Gasteiger partial charge in [-0.25, -0.2) is 13.6 Å². The Kier molecular flexibility index (Phi) is 10.2. The van der Waals surface area contributed by atoms with Crippen LogP contribution in [0, 0.1) is 0 Å². The zero-order chi connectivity index (χ0) is 26.9. The fourth-order valence-corrected chi connectivity index (χ4v) is 5.46. The Balaban J connectivity index is 1.30. The van der Waals surface area contributed by atoms with Crippen LogP contribution in [0.2, 0.25) is 0 Å². The van der Waals surface area contributed by atoms with Gasteiger partial charge in [-0.3, -0.25) is 9.88 Å². The van der Waals surface area contributed by atoms with E-state index in [2.05, 4.69) is 12.1 Å². The van der Waals surface area contributed by atoms with Gasteiger partial charge in [0.05, 0.1) is 37.7 Å². The number of unbranched alkanes of at least 4 members (excludes halogenated alkanes) is 3. The second-order valence-electron chi connectivity index (χ2n) is 9.92. The monoisotopic (exact) mass is 528 g/mol. The number of hydrogen-bond donors (Lipinski definition) is 0. The van der Waals surface area contributed by atoms with Gasteiger partial charge in [-0.2, -0.15) is 0 Å². The highest BCUT2D eigenvalue weighted by Crippen LogP contribution is 2.48. The van der Waals surface area contributed by atoms with Gasteiger partial charge in [-0.1, -0.05) is 30.7 Å². The summed E-state index contributed by atoms with van der Waals surface area (Å²) in [4.78, 5) is 17.8. The van der Waals surface area contributed by atoms with Crippen LogP contribution in [0.1, 0.15) is 68.8 Å². The molecule has 1 aliphatic carbocycles. The van der Waals surface area contributed by atoms with Gasteiger partial charge in [-0.15, -0.1) is 0 Å². The molecule has 1 aliphatic heterocycles. The largest absolute Gasteiger partial charge is 0.492 e. The molecule has 206 valence electrons. The Hall–Kier alpha value is -2.84. The summed E-state index contributed by atoms with van der Waals surface area (Å²) in [6, 6.07) is 11.9. The molecule has 1 aromatic carbocycles. The van der Waals surface area contributed by atoms with E-state index in [4.69, 9.17) is 19.2 Å². The number of fused-ring (bicyclic) bond motifs is 2. The second-order valence-corrected chi connectivity index (χ2v) is 9.92. The van der Waals surface area contributed by atoms with E-state index < -0.39 is 6.43 Å². The highest BCUT2D eigenvalue weighted by atomic mass is 19.3. The van der Waals surface area contributed by atoms with Crippen molar-refractivity contribution in [2.45, 2.75) is 70.9 Å². The van der Waals surface area contributed by atoms with Gasteiger partial charge in [0, 0.05) is 12.6 Å². The summed E-state index contributed by atoms with van der Waals surface area (Å²) in [5, 5.41) is 0. The number of carbonyl (C=O) groups is 1. The Morgan fingerprint density at radius 2 is 1.89 bits per heavy atom. The molecule has 8 heteroatoms. The van der Waals surface area contributed by atoms with Gasteiger partial charge in [-0.05, 0) is 80.4 Å². The average Bonchev–Trinajstić information content (AvgIpc) is 3.26. The molecule has 2 aliphatic rings. The second kappa shape index (κ2) is 13.8. The molecular weight excluding hydrogens is 490 g/mol. The maximum Gasteiger partial charge on any atom is 0.332 e. The molecule has 2 heterocycles. The first-order chi connectivity index (χ1) is 18.5. The molecule has 0 saturated carbocycles. The van der Waals surface area contributed by atoms with Crippen molar-refractivity contribution in [1.82, 2.24) is 9.88 Å². The normalized spacial score (nSPS) is 19.0. The molecule has 0 N–H and O–H groups in total. The molecule has 6 nitrogen and oxygen atoms in total. The van der Waals surface area contributed by atoms with E-state index in [1.54, 1.807) is 13.1 Å². The Morgan fingerprint density at radius 3 is 2.63 bits per heavy atom. The lowest BCUT2D eigenvalue weighted by atomic mass is 9.87. The van der Waals surface area contributed by atoms with Crippen LogP contribution in [0.5, 0.6) is 5.75 Å². The number of halogens is 2. The van der Waals surface area contributed by atoms with Gasteiger partial charge in [0.2, 0.25) is 0 Å². The Morgan fingerprint density at radius 1 is 1.11 bits per heavy atom. The number of carbonyl (C=O) groups excluding carboxylic acids is 1. The molecule has 0 spiro atoms. The topological polar surface area (TPSA) is 60.9 Å². The van der Waals surface area contributed by atoms with Crippen LogP contribution < -0.4 is 4.74 Å². The molecule has 1 aromatic heterocycles. The number of aromatic nitrogens is 1. The minimum absolute atomic E-state index is 0.00510. The lowest BCUT2D eigenvalue weighted by molar-refractivity contribution is -0.148. The molecule has 2 aromatic rings. The lowest BCUT2D eigenvalue weighted by Gasteiger charge is -2.41. The highest BCUT2D eigenvalue weighted by Gasteiger charge is 2.40. The van der Waals surface area contributed by atoms with Crippen LogP contribution in [0.15, 0.2) is 48.2 Å². The first-order valence-electron chi connectivity index (χ1n) is 13.6. The molecule has 0 amide bonds. The third-order valence-corrected chi connectivity index (χ3v) is 7.20. The number of pyridine rings is 1. The number of ether oxygens (including phenoxy) is 3. The number of nitrogens with zero attached hydrogens (tertiary/aromatic N) is 2. The van der Waals surface area contributed by atoms with Crippen molar-refractivity contribution < 1.29 is 27.8 Å². The van der Waals surface area contributed by atoms with Gasteiger partial charge >= 0.3 is 5.97 Å². The predicted octanol–water partition coefficient (Wildman–Crippen LogP) is 6.01. The van der Waals surface area contributed by atoms with Gasteiger partial charge in [0.15, 0.2) is 0 Å². The smallest absolute Gasteiger partial charge is 0.332 e. The molecule has 2 atom stereocenters. The quantitative estimate of drug-likeness (QED) is 0.221. The third-order valence-electron chi connectivity index (χ3n) is 7.20. The van der Waals surface area contributed by atoms with Crippen molar-refractivity contribution >= 4 is 11.5 Å². The van der Waals surface area contributed by atoms with Crippen molar-refractivity contribution in [2.75, 3.05) is 33.0 Å². The van der Waals surface area contributed by atoms with Crippen molar-refractivity contribution in [3.05, 3.63) is 65.0 Å². The molecule has 4 rings (SSSR count). The lowest BCUT2D eigenvalue weighted by Crippen LogP contribution is -2.43. The summed E-state index contributed by atoms with van der Waals surface area (Å²) in [5.41, 5.74) is 5.78. The molecule has 0 bridgehead atoms. The summed E-state index contributed by atoms with van der Waals surface area (Å²) >= 11 is 0. The molecule has 0 unspecified atom stereocenters. The maximum absolute atomic E-state index is 13.6. The summed E-state index contributed by atoms with van der Waals surface area (Å²) in [6.07, 6.45) is 4.61. The van der Waals surface area contributed by atoms with Crippen LogP contribution >= 0.6 is 0 Å². The van der Waals surface area contributed by atoms with E-state index in [0.717, 1.165) is 44.2 Å². The average molecular weight is 529 g/mol. The summed E-state index contributed by atoms with van der Waals surface area (Å²) in [5.74, 6) is 0.352. The highest BCUT2D eigenvalue weighted by molar-refractivity contribution is 5.78. The minimum atomic E-state index is -2.40. The fraction of sp³-hybridized carbons (Fsp3) is 0.533. The van der Waals surface area contributed by atoms with Gasteiger partial charge < -0.3 is 14.2 Å². The first-order valence-corrected chi connectivity index (χ1v) is 13.6. The Bertz CT molecular complexity index is 1090. The summed E-state index contributed by atoms with van der Waals surface area (Å²) in [7, 11) is 0. The van der Waals surface area contributed by atoms with Crippen LogP contribution in [-0.2, 0) is 20.7 Å². The van der Waals surface area contributed by atoms with E-state index in [1.165, 1.54) is 22.3 Å². The zero-order valence-electron chi connectivity index (χ0n) is 22.3. The number of rotatable bonds is 14. The van der Waals surface area contributed by atoms with Crippen LogP contribution in [0.4, 0.5) is 8.78 Å². The summed E-state index contributed by atoms with van der Waals surface area (Å²) < 4.78 is 43.2. The van der Waals surface area contributed by atoms with Crippen molar-refractivity contribution in [2.24, 2.45) is 0 Å². The number of esters is 1. The van der Waals surface area contributed by atoms with Crippen molar-refractivity contribution in [3.63, 3.8) is 0 Å². The fourth-order valence-electron chi connectivity index (χ4n) is 5.46. The van der Waals surface area contributed by atoms with Crippen LogP contribution in [0.25, 0.3) is 5.57 Å². The molecule has 0 radical (unpaired) electrons. The van der Waals surface area contributed by atoms with E-state index in [9.17, 15) is 13.6 Å². The van der Waals surface area contributed by atoms with Crippen LogP contribution in [0.3, 0.4) is 0 Å². The molecule has 0 fully saturated rings. The molecule has 0 saturated heterocycles. The standard InChI is InChI=1S/C30H38F2N2O4/c1-3-37-29(35)20-36-14-8-4-5-9-15-38-23-12-13-27(33-18-23)30-26-17-22-10-6-7-11-24(22)25(26)16-21(2)34(30)19-28(31)32/h6-7,10-13,18,21,28,30H,3-5,8-9,14-17,19-20H2,1-2H3/t21-,30+/m1/s1. The third kappa shape index (κ3) is 7.17. The first kappa shape index (κ1) is 28.2. The maximum atomic E-state index is 13.6. The summed E-state index contributed by atoms with van der Waals surface area (Å²) in [6.45, 7) is 5.02. The number of alkyl halides is 2. The van der Waals surface area contributed by atoms with Crippen molar-refractivity contribution in [1.29, 1.82) is 0 Å². The SMILES string of the molecule is CCOC(=O)COCCCCCCOc1ccc([C@@H]2C3=C(C[C@@H](C)N2CC(F)F)c2ccccc2C3)nc1. The molecular formula is C30H38F2N2O4. The zero-order valence-corrected chi connectivity index (χ0v) is 22.3. The molecule has 38 heavy (non-hydrogen) atoms. The van der Waals surface area contributed by atoms with Crippen molar-refractivity contribution in [3.8, 4) is 5.75 Å². The number of hydrogen-bond acceptors (Lipinski definition) is 6. The van der Waals surface area contributed by atoms with E-state index in [-0.39, 0.29) is 31.2 Å². The van der Waals surface area contributed by atoms with E-state index >= 15 is 0 Å².